The van der Waals surface area contributed by atoms with E-state index in [1.165, 1.54) is 32.4 Å². The Kier molecular flexibility index (Phi) is 6.78. The number of halogens is 1. The van der Waals surface area contributed by atoms with Crippen molar-refractivity contribution in [1.29, 1.82) is 0 Å². The summed E-state index contributed by atoms with van der Waals surface area (Å²) in [5.74, 6) is 0.737. The van der Waals surface area contributed by atoms with Gasteiger partial charge in [-0.15, -0.1) is 0 Å². The van der Waals surface area contributed by atoms with Gasteiger partial charge in [-0.2, -0.15) is 0 Å². The zero-order valence-corrected chi connectivity index (χ0v) is 15.0. The Hall–Kier alpha value is -0.810. The van der Waals surface area contributed by atoms with E-state index in [2.05, 4.69) is 10.2 Å². The first-order chi connectivity index (χ1) is 11.7. The average Bonchev–Trinajstić information content (AvgIpc) is 2.59. The quantitative estimate of drug-likeness (QED) is 0.825. The average molecular weight is 353 g/mol. The Labute approximate surface area is 150 Å². The second kappa shape index (κ2) is 9.04. The van der Waals surface area contributed by atoms with Crippen molar-refractivity contribution in [3.63, 3.8) is 0 Å². The molecular weight excluding hydrogens is 324 g/mol. The van der Waals surface area contributed by atoms with E-state index in [-0.39, 0.29) is 12.1 Å². The van der Waals surface area contributed by atoms with Crippen LogP contribution in [0.3, 0.4) is 0 Å². The smallest absolute Gasteiger partial charge is 0.126 e. The lowest BCUT2D eigenvalue weighted by Crippen LogP contribution is -2.52. The molecule has 4 nitrogen and oxygen atoms in total. The number of nitrogens with one attached hydrogen (secondary N) is 1. The van der Waals surface area contributed by atoms with Crippen LogP contribution in [0.5, 0.6) is 5.75 Å². The summed E-state index contributed by atoms with van der Waals surface area (Å²) >= 11 is 6.01. The van der Waals surface area contributed by atoms with Crippen molar-refractivity contribution in [3.8, 4) is 5.75 Å². The van der Waals surface area contributed by atoms with Crippen LogP contribution in [-0.2, 0) is 0 Å². The van der Waals surface area contributed by atoms with Crippen LogP contribution in [-0.4, -0.2) is 54.4 Å². The summed E-state index contributed by atoms with van der Waals surface area (Å²) in [6.07, 6.45) is 6.35. The van der Waals surface area contributed by atoms with Crippen LogP contribution >= 0.6 is 11.6 Å². The lowest BCUT2D eigenvalue weighted by Gasteiger charge is -2.36. The second-order valence-electron chi connectivity index (χ2n) is 7.00. The maximum absolute atomic E-state index is 10.7. The normalized spacial score (nSPS) is 28.7. The molecule has 3 atom stereocenters. The Bertz CT molecular complexity index is 508. The van der Waals surface area contributed by atoms with Gasteiger partial charge < -0.3 is 20.1 Å². The number of aliphatic hydroxyl groups is 1. The molecule has 5 heteroatoms. The van der Waals surface area contributed by atoms with E-state index in [4.69, 9.17) is 16.3 Å². The summed E-state index contributed by atoms with van der Waals surface area (Å²) in [6.45, 7) is 4.44. The molecule has 0 amide bonds. The molecule has 0 unspecified atom stereocenters. The third-order valence-corrected chi connectivity index (χ3v) is 5.40. The van der Waals surface area contributed by atoms with Crippen molar-refractivity contribution in [2.24, 2.45) is 0 Å². The van der Waals surface area contributed by atoms with Crippen LogP contribution in [0.15, 0.2) is 24.3 Å². The Morgan fingerprint density at radius 2 is 2.00 bits per heavy atom. The van der Waals surface area contributed by atoms with Gasteiger partial charge in [-0.05, 0) is 63.4 Å². The topological polar surface area (TPSA) is 44.7 Å². The Morgan fingerprint density at radius 1 is 1.17 bits per heavy atom. The highest BCUT2D eigenvalue weighted by atomic mass is 35.5. The highest BCUT2D eigenvalue weighted by Crippen LogP contribution is 2.26. The second-order valence-corrected chi connectivity index (χ2v) is 7.43. The number of piperidine rings is 1. The van der Waals surface area contributed by atoms with E-state index in [0.29, 0.717) is 5.02 Å². The number of nitrogens with zero attached hydrogens (tertiary/aromatic N) is 1. The predicted octanol–water partition coefficient (Wildman–Crippen LogP) is 3.08. The molecule has 1 aromatic rings. The van der Waals surface area contributed by atoms with Crippen molar-refractivity contribution >= 4 is 11.6 Å². The van der Waals surface area contributed by atoms with Crippen molar-refractivity contribution in [3.05, 3.63) is 29.3 Å². The van der Waals surface area contributed by atoms with Gasteiger partial charge in [-0.3, -0.25) is 0 Å². The van der Waals surface area contributed by atoms with Gasteiger partial charge in [0.05, 0.1) is 0 Å². The summed E-state index contributed by atoms with van der Waals surface area (Å²) in [4.78, 5) is 2.52. The number of likely N-dealkylation sites (tertiary alicyclic amines) is 1. The molecule has 0 aromatic heterocycles. The van der Waals surface area contributed by atoms with Gasteiger partial charge in [-0.25, -0.2) is 0 Å². The van der Waals surface area contributed by atoms with Gasteiger partial charge in [0, 0.05) is 24.2 Å². The van der Waals surface area contributed by atoms with E-state index in [9.17, 15) is 5.11 Å². The fourth-order valence-corrected chi connectivity index (χ4v) is 3.98. The number of benzene rings is 1. The molecular formula is C19H29ClN2O2. The van der Waals surface area contributed by atoms with E-state index >= 15 is 0 Å². The monoisotopic (exact) mass is 352 g/mol. The highest BCUT2D eigenvalue weighted by molar-refractivity contribution is 6.30. The molecule has 1 aliphatic carbocycles. The minimum Gasteiger partial charge on any atom is -0.488 e. The van der Waals surface area contributed by atoms with Crippen molar-refractivity contribution in [1.82, 2.24) is 10.2 Å². The molecule has 2 aliphatic rings. The number of aliphatic hydroxyl groups excluding tert-OH is 1. The molecule has 1 heterocycles. The Morgan fingerprint density at radius 3 is 2.79 bits per heavy atom. The fraction of sp³-hybridized carbons (Fsp3) is 0.684. The van der Waals surface area contributed by atoms with Gasteiger partial charge in [-0.1, -0.05) is 24.1 Å². The summed E-state index contributed by atoms with van der Waals surface area (Å²) in [5, 5.41) is 14.9. The summed E-state index contributed by atoms with van der Waals surface area (Å²) in [5.41, 5.74) is 0. The summed E-state index contributed by atoms with van der Waals surface area (Å²) in [6, 6.07) is 7.53. The standard InChI is InChI=1S/C19H29ClN2O2/c20-15-6-4-7-16(14-15)24-18-9-5-8-17(19(18)23)21-10-13-22-11-2-1-3-12-22/h4,6-7,14,17-19,21,23H,1-3,5,8-13H2/t17-,18+,19+/m0/s1. The van der Waals surface area contributed by atoms with E-state index in [1.54, 1.807) is 0 Å². The molecule has 2 fully saturated rings. The van der Waals surface area contributed by atoms with Crippen LogP contribution < -0.4 is 10.1 Å². The maximum Gasteiger partial charge on any atom is 0.126 e. The highest BCUT2D eigenvalue weighted by Gasteiger charge is 2.33. The maximum atomic E-state index is 10.7. The number of rotatable bonds is 6. The molecule has 1 saturated heterocycles. The minimum atomic E-state index is -0.473. The number of ether oxygens (including phenoxy) is 1. The van der Waals surface area contributed by atoms with Crippen LogP contribution in [0, 0.1) is 0 Å². The van der Waals surface area contributed by atoms with Crippen molar-refractivity contribution < 1.29 is 9.84 Å². The van der Waals surface area contributed by atoms with Crippen molar-refractivity contribution in [2.45, 2.75) is 56.8 Å². The van der Waals surface area contributed by atoms with Crippen LogP contribution in [0.25, 0.3) is 0 Å². The van der Waals surface area contributed by atoms with E-state index in [0.717, 1.165) is 38.1 Å². The third-order valence-electron chi connectivity index (χ3n) is 5.16. The zero-order valence-electron chi connectivity index (χ0n) is 14.3. The molecule has 0 radical (unpaired) electrons. The van der Waals surface area contributed by atoms with E-state index in [1.807, 2.05) is 24.3 Å². The zero-order chi connectivity index (χ0) is 16.8. The molecule has 24 heavy (non-hydrogen) atoms. The minimum absolute atomic E-state index is 0.118. The largest absolute Gasteiger partial charge is 0.488 e. The van der Waals surface area contributed by atoms with Crippen LogP contribution in [0.4, 0.5) is 0 Å². The summed E-state index contributed by atoms with van der Waals surface area (Å²) < 4.78 is 5.99. The van der Waals surface area contributed by atoms with Gasteiger partial charge >= 0.3 is 0 Å². The third kappa shape index (κ3) is 5.09. The predicted molar refractivity (Wildman–Crippen MR) is 97.8 cm³/mol. The van der Waals surface area contributed by atoms with Gasteiger partial charge in [0.25, 0.3) is 0 Å². The van der Waals surface area contributed by atoms with Crippen LogP contribution in [0.1, 0.15) is 38.5 Å². The first-order valence-electron chi connectivity index (χ1n) is 9.28. The molecule has 1 saturated carbocycles. The van der Waals surface area contributed by atoms with Crippen molar-refractivity contribution in [2.75, 3.05) is 26.2 Å². The Balaban J connectivity index is 1.46. The molecule has 0 bridgehead atoms. The van der Waals surface area contributed by atoms with Gasteiger partial charge in [0.1, 0.15) is 18.0 Å². The molecule has 1 aromatic carbocycles. The van der Waals surface area contributed by atoms with E-state index < -0.39 is 6.10 Å². The molecule has 2 N–H and O–H groups in total. The number of hydrogen-bond acceptors (Lipinski definition) is 4. The first kappa shape index (κ1) is 18.0. The van der Waals surface area contributed by atoms with Gasteiger partial charge in [0.2, 0.25) is 0 Å². The molecule has 1 aliphatic heterocycles. The molecule has 3 rings (SSSR count). The van der Waals surface area contributed by atoms with Gasteiger partial charge in [0.15, 0.2) is 0 Å². The fourth-order valence-electron chi connectivity index (χ4n) is 3.80. The lowest BCUT2D eigenvalue weighted by molar-refractivity contribution is -0.0157. The SMILES string of the molecule is O[C@@H]1[C@@H](NCCN2CCCCC2)CCC[C@H]1Oc1cccc(Cl)c1. The molecule has 134 valence electrons. The number of hydrogen-bond donors (Lipinski definition) is 2. The molecule has 0 spiro atoms. The summed E-state index contributed by atoms with van der Waals surface area (Å²) in [7, 11) is 0. The van der Waals surface area contributed by atoms with Crippen LogP contribution in [0.2, 0.25) is 5.02 Å². The first-order valence-corrected chi connectivity index (χ1v) is 9.66. The lowest BCUT2D eigenvalue weighted by atomic mass is 9.90.